The summed E-state index contributed by atoms with van der Waals surface area (Å²) in [7, 11) is 0. The summed E-state index contributed by atoms with van der Waals surface area (Å²) in [6.45, 7) is 9.13. The first kappa shape index (κ1) is 14.1. The molecule has 1 aromatic rings. The maximum atomic E-state index is 5.40. The molecule has 0 bridgehead atoms. The number of hydrogen-bond acceptors (Lipinski definition) is 5. The van der Waals surface area contributed by atoms with Crippen LogP contribution in [0.1, 0.15) is 19.5 Å². The fourth-order valence-corrected chi connectivity index (χ4v) is 1.30. The summed E-state index contributed by atoms with van der Waals surface area (Å²) in [5.41, 5.74) is 0.959. The van der Waals surface area contributed by atoms with E-state index in [0.717, 1.165) is 31.9 Å². The molecule has 0 fully saturated rings. The standard InChI is InChI=1S/C11H22N4O2/c1-3-12-9-11-10-15(14-13-11)5-6-17-8-7-16-4-2/h10,12H,3-9H2,1-2H3. The molecule has 0 aliphatic carbocycles. The lowest BCUT2D eigenvalue weighted by Gasteiger charge is -2.03. The Balaban J connectivity index is 2.08. The van der Waals surface area contributed by atoms with Crippen molar-refractivity contribution >= 4 is 0 Å². The zero-order valence-electron chi connectivity index (χ0n) is 10.7. The molecular weight excluding hydrogens is 220 g/mol. The van der Waals surface area contributed by atoms with Crippen LogP contribution in [-0.4, -0.2) is 48.0 Å². The topological polar surface area (TPSA) is 61.2 Å². The molecule has 0 aliphatic heterocycles. The van der Waals surface area contributed by atoms with Gasteiger partial charge in [-0.15, -0.1) is 5.10 Å². The van der Waals surface area contributed by atoms with Crippen LogP contribution in [0, 0.1) is 0 Å². The first-order valence-corrected chi connectivity index (χ1v) is 6.12. The average Bonchev–Trinajstić information content (AvgIpc) is 2.79. The molecule has 0 aliphatic rings. The zero-order chi connectivity index (χ0) is 12.3. The zero-order valence-corrected chi connectivity index (χ0v) is 10.7. The fraction of sp³-hybridized carbons (Fsp3) is 0.818. The third kappa shape index (κ3) is 6.35. The van der Waals surface area contributed by atoms with Crippen LogP contribution in [0.5, 0.6) is 0 Å². The molecule has 1 rings (SSSR count). The van der Waals surface area contributed by atoms with E-state index in [1.807, 2.05) is 13.1 Å². The van der Waals surface area contributed by atoms with E-state index < -0.39 is 0 Å². The van der Waals surface area contributed by atoms with Crippen molar-refractivity contribution in [1.82, 2.24) is 20.3 Å². The van der Waals surface area contributed by atoms with Gasteiger partial charge in [-0.1, -0.05) is 12.1 Å². The van der Waals surface area contributed by atoms with Crippen LogP contribution in [-0.2, 0) is 22.6 Å². The summed E-state index contributed by atoms with van der Waals surface area (Å²) in [5, 5.41) is 11.3. The minimum atomic E-state index is 0.632. The molecule has 0 radical (unpaired) electrons. The lowest BCUT2D eigenvalue weighted by molar-refractivity contribution is 0.0486. The summed E-state index contributed by atoms with van der Waals surface area (Å²) in [4.78, 5) is 0. The van der Waals surface area contributed by atoms with E-state index in [4.69, 9.17) is 9.47 Å². The van der Waals surface area contributed by atoms with Gasteiger partial charge in [0.2, 0.25) is 0 Å². The fourth-order valence-electron chi connectivity index (χ4n) is 1.30. The van der Waals surface area contributed by atoms with E-state index in [-0.39, 0.29) is 0 Å². The van der Waals surface area contributed by atoms with E-state index in [9.17, 15) is 0 Å². The lowest BCUT2D eigenvalue weighted by atomic mass is 10.4. The number of nitrogens with one attached hydrogen (secondary N) is 1. The molecule has 6 heteroatoms. The van der Waals surface area contributed by atoms with E-state index >= 15 is 0 Å². The molecule has 17 heavy (non-hydrogen) atoms. The second kappa shape index (κ2) is 9.09. The highest BCUT2D eigenvalue weighted by molar-refractivity contribution is 4.91. The van der Waals surface area contributed by atoms with Crippen LogP contribution in [0.4, 0.5) is 0 Å². The molecular formula is C11H22N4O2. The summed E-state index contributed by atoms with van der Waals surface area (Å²) >= 11 is 0. The average molecular weight is 242 g/mol. The van der Waals surface area contributed by atoms with Gasteiger partial charge in [-0.25, -0.2) is 4.68 Å². The summed E-state index contributed by atoms with van der Waals surface area (Å²) in [6.07, 6.45) is 1.94. The van der Waals surface area contributed by atoms with Gasteiger partial charge in [0.25, 0.3) is 0 Å². The molecule has 0 amide bonds. The Morgan fingerprint density at radius 1 is 1.24 bits per heavy atom. The molecule has 0 atom stereocenters. The summed E-state index contributed by atoms with van der Waals surface area (Å²) in [5.74, 6) is 0. The Morgan fingerprint density at radius 3 is 2.82 bits per heavy atom. The first-order valence-electron chi connectivity index (χ1n) is 6.12. The predicted octanol–water partition coefficient (Wildman–Crippen LogP) is 0.441. The van der Waals surface area contributed by atoms with Gasteiger partial charge in [0, 0.05) is 19.3 Å². The van der Waals surface area contributed by atoms with Gasteiger partial charge in [-0.3, -0.25) is 0 Å². The van der Waals surface area contributed by atoms with Gasteiger partial charge in [0.15, 0.2) is 0 Å². The summed E-state index contributed by atoms with van der Waals surface area (Å²) in [6, 6.07) is 0. The normalized spacial score (nSPS) is 10.9. The van der Waals surface area contributed by atoms with Gasteiger partial charge in [-0.2, -0.15) is 0 Å². The number of ether oxygens (including phenoxy) is 2. The van der Waals surface area contributed by atoms with E-state index in [1.165, 1.54) is 0 Å². The molecule has 0 spiro atoms. The second-order valence-electron chi connectivity index (χ2n) is 3.56. The van der Waals surface area contributed by atoms with Gasteiger partial charge < -0.3 is 14.8 Å². The van der Waals surface area contributed by atoms with Gasteiger partial charge in [-0.05, 0) is 13.5 Å². The van der Waals surface area contributed by atoms with Crippen LogP contribution >= 0.6 is 0 Å². The maximum Gasteiger partial charge on any atom is 0.0964 e. The Bertz CT molecular complexity index is 291. The van der Waals surface area contributed by atoms with Crippen LogP contribution < -0.4 is 5.32 Å². The van der Waals surface area contributed by atoms with Crippen LogP contribution in [0.15, 0.2) is 6.20 Å². The van der Waals surface area contributed by atoms with Crippen molar-refractivity contribution in [3.05, 3.63) is 11.9 Å². The first-order chi connectivity index (χ1) is 8.36. The quantitative estimate of drug-likeness (QED) is 0.603. The van der Waals surface area contributed by atoms with Crippen LogP contribution in [0.3, 0.4) is 0 Å². The predicted molar refractivity (Wildman–Crippen MR) is 64.7 cm³/mol. The number of rotatable bonds is 10. The highest BCUT2D eigenvalue weighted by Gasteiger charge is 1.99. The largest absolute Gasteiger partial charge is 0.379 e. The highest BCUT2D eigenvalue weighted by Crippen LogP contribution is 1.92. The van der Waals surface area contributed by atoms with Crippen LogP contribution in [0.2, 0.25) is 0 Å². The Morgan fingerprint density at radius 2 is 2.06 bits per heavy atom. The molecule has 6 nitrogen and oxygen atoms in total. The maximum absolute atomic E-state index is 5.40. The van der Waals surface area contributed by atoms with Crippen LogP contribution in [0.25, 0.3) is 0 Å². The smallest absolute Gasteiger partial charge is 0.0964 e. The third-order valence-corrected chi connectivity index (χ3v) is 2.18. The molecule has 0 aromatic carbocycles. The molecule has 1 N–H and O–H groups in total. The minimum Gasteiger partial charge on any atom is -0.379 e. The van der Waals surface area contributed by atoms with Crippen molar-refractivity contribution in [2.75, 3.05) is 33.0 Å². The monoisotopic (exact) mass is 242 g/mol. The second-order valence-corrected chi connectivity index (χ2v) is 3.56. The number of nitrogens with zero attached hydrogens (tertiary/aromatic N) is 3. The minimum absolute atomic E-state index is 0.632. The van der Waals surface area contributed by atoms with E-state index in [0.29, 0.717) is 19.8 Å². The van der Waals surface area contributed by atoms with Gasteiger partial charge in [0.1, 0.15) is 0 Å². The Hall–Kier alpha value is -0.980. The van der Waals surface area contributed by atoms with E-state index in [1.54, 1.807) is 4.68 Å². The molecule has 1 heterocycles. The lowest BCUT2D eigenvalue weighted by Crippen LogP contribution is -2.12. The van der Waals surface area contributed by atoms with Crippen molar-refractivity contribution < 1.29 is 9.47 Å². The molecule has 98 valence electrons. The third-order valence-electron chi connectivity index (χ3n) is 2.18. The van der Waals surface area contributed by atoms with Crippen molar-refractivity contribution in [1.29, 1.82) is 0 Å². The van der Waals surface area contributed by atoms with Crippen molar-refractivity contribution in [3.63, 3.8) is 0 Å². The van der Waals surface area contributed by atoms with Crippen molar-refractivity contribution in [2.45, 2.75) is 26.9 Å². The van der Waals surface area contributed by atoms with E-state index in [2.05, 4.69) is 22.6 Å². The molecule has 0 unspecified atom stereocenters. The van der Waals surface area contributed by atoms with Crippen molar-refractivity contribution in [2.24, 2.45) is 0 Å². The summed E-state index contributed by atoms with van der Waals surface area (Å²) < 4.78 is 12.4. The number of hydrogen-bond donors (Lipinski definition) is 1. The van der Waals surface area contributed by atoms with Gasteiger partial charge in [0.05, 0.1) is 32.1 Å². The van der Waals surface area contributed by atoms with Crippen molar-refractivity contribution in [3.8, 4) is 0 Å². The molecule has 0 saturated heterocycles. The Kier molecular flexibility index (Phi) is 7.53. The molecule has 1 aromatic heterocycles. The SMILES string of the molecule is CCNCc1cn(CCOCCOCC)nn1. The van der Waals surface area contributed by atoms with Gasteiger partial charge >= 0.3 is 0 Å². The molecule has 0 saturated carbocycles. The number of aromatic nitrogens is 3. The highest BCUT2D eigenvalue weighted by atomic mass is 16.5. The Labute approximate surface area is 102 Å².